The van der Waals surface area contributed by atoms with Gasteiger partial charge in [0.15, 0.2) is 6.10 Å². The second-order valence-electron chi connectivity index (χ2n) is 6.47. The lowest BCUT2D eigenvalue weighted by Crippen LogP contribution is -2.27. The molecule has 0 spiro atoms. The van der Waals surface area contributed by atoms with Crippen LogP contribution in [0.5, 0.6) is 5.75 Å². The number of rotatable bonds is 7. The molecular weight excluding hydrogens is 386 g/mol. The standard InChI is InChI=1S/C23H21NO6/c1-29-20(13-14-21(26)27)22(16-9-11-17(25)12-10-16)30-23(28)24-19-8-4-6-15-5-2-3-7-18(15)19/h2-14,20,22,25H,1H3,(H,24,28)(H,26,27)/b14-13+/t20-,22-/m0/s1. The predicted molar refractivity (Wildman–Crippen MR) is 112 cm³/mol. The van der Waals surface area contributed by atoms with Gasteiger partial charge in [0.1, 0.15) is 11.9 Å². The molecule has 0 aliphatic heterocycles. The Bertz CT molecular complexity index is 1060. The van der Waals surface area contributed by atoms with Crippen molar-refractivity contribution in [2.75, 3.05) is 12.4 Å². The summed E-state index contributed by atoms with van der Waals surface area (Å²) in [4.78, 5) is 23.6. The third-order valence-corrected chi connectivity index (χ3v) is 4.48. The highest BCUT2D eigenvalue weighted by molar-refractivity contribution is 6.00. The minimum Gasteiger partial charge on any atom is -0.508 e. The summed E-state index contributed by atoms with van der Waals surface area (Å²) >= 11 is 0. The predicted octanol–water partition coefficient (Wildman–Crippen LogP) is 4.49. The van der Waals surface area contributed by atoms with Gasteiger partial charge in [-0.05, 0) is 35.2 Å². The number of carbonyl (C=O) groups excluding carboxylic acids is 1. The Labute approximate surface area is 173 Å². The van der Waals surface area contributed by atoms with E-state index in [1.54, 1.807) is 18.2 Å². The Hall–Kier alpha value is -3.84. The van der Waals surface area contributed by atoms with E-state index < -0.39 is 24.3 Å². The van der Waals surface area contributed by atoms with Gasteiger partial charge in [0.05, 0.1) is 5.69 Å². The molecule has 0 fully saturated rings. The molecule has 0 saturated carbocycles. The summed E-state index contributed by atoms with van der Waals surface area (Å²) in [5, 5.41) is 23.0. The third-order valence-electron chi connectivity index (χ3n) is 4.48. The lowest BCUT2D eigenvalue weighted by molar-refractivity contribution is -0.131. The monoisotopic (exact) mass is 407 g/mol. The number of methoxy groups -OCH3 is 1. The number of aromatic hydroxyl groups is 1. The van der Waals surface area contributed by atoms with E-state index in [2.05, 4.69) is 5.32 Å². The zero-order valence-electron chi connectivity index (χ0n) is 16.2. The van der Waals surface area contributed by atoms with Crippen molar-refractivity contribution in [3.05, 3.63) is 84.4 Å². The summed E-state index contributed by atoms with van der Waals surface area (Å²) in [5.74, 6) is -1.10. The maximum absolute atomic E-state index is 12.7. The highest BCUT2D eigenvalue weighted by Gasteiger charge is 2.26. The van der Waals surface area contributed by atoms with Crippen LogP contribution < -0.4 is 5.32 Å². The molecule has 3 aromatic rings. The normalized spacial score (nSPS) is 13.1. The number of carbonyl (C=O) groups is 2. The van der Waals surface area contributed by atoms with Crippen LogP contribution in [0.25, 0.3) is 10.8 Å². The number of ether oxygens (including phenoxy) is 2. The van der Waals surface area contributed by atoms with Crippen LogP contribution >= 0.6 is 0 Å². The number of hydrogen-bond donors (Lipinski definition) is 3. The fourth-order valence-corrected chi connectivity index (χ4v) is 3.06. The van der Waals surface area contributed by atoms with Crippen LogP contribution in [0, 0.1) is 0 Å². The number of phenolic OH excluding ortho intramolecular Hbond substituents is 1. The minimum absolute atomic E-state index is 0.0488. The number of amides is 1. The van der Waals surface area contributed by atoms with Gasteiger partial charge < -0.3 is 19.7 Å². The Kier molecular flexibility index (Phi) is 6.67. The fourth-order valence-electron chi connectivity index (χ4n) is 3.06. The summed E-state index contributed by atoms with van der Waals surface area (Å²) in [7, 11) is 1.39. The van der Waals surface area contributed by atoms with E-state index in [0.29, 0.717) is 11.3 Å². The molecule has 0 aromatic heterocycles. The number of aliphatic carboxylic acids is 1. The molecule has 0 unspecified atom stereocenters. The number of benzene rings is 3. The molecular formula is C23H21NO6. The van der Waals surface area contributed by atoms with Crippen molar-refractivity contribution in [1.29, 1.82) is 0 Å². The molecule has 3 N–H and O–H groups in total. The zero-order chi connectivity index (χ0) is 21.5. The molecule has 0 saturated heterocycles. The van der Waals surface area contributed by atoms with Gasteiger partial charge in [-0.25, -0.2) is 9.59 Å². The van der Waals surface area contributed by atoms with Gasteiger partial charge >= 0.3 is 12.1 Å². The first-order chi connectivity index (χ1) is 14.5. The van der Waals surface area contributed by atoms with Crippen LogP contribution in [-0.2, 0) is 14.3 Å². The van der Waals surface area contributed by atoms with Crippen molar-refractivity contribution >= 4 is 28.5 Å². The van der Waals surface area contributed by atoms with Gasteiger partial charge in [0.2, 0.25) is 0 Å². The number of anilines is 1. The first kappa shape index (κ1) is 20.9. The number of carboxylic acids is 1. The molecule has 0 heterocycles. The van der Waals surface area contributed by atoms with Gasteiger partial charge in [-0.1, -0.05) is 48.5 Å². The lowest BCUT2D eigenvalue weighted by Gasteiger charge is -2.24. The number of hydrogen-bond acceptors (Lipinski definition) is 5. The molecule has 3 aromatic carbocycles. The Morgan fingerprint density at radius 2 is 1.70 bits per heavy atom. The first-order valence-electron chi connectivity index (χ1n) is 9.16. The number of phenols is 1. The quantitative estimate of drug-likeness (QED) is 0.499. The molecule has 0 aliphatic rings. The minimum atomic E-state index is -1.15. The Morgan fingerprint density at radius 3 is 2.40 bits per heavy atom. The molecule has 0 aliphatic carbocycles. The van der Waals surface area contributed by atoms with Crippen LogP contribution in [0.2, 0.25) is 0 Å². The molecule has 7 nitrogen and oxygen atoms in total. The molecule has 30 heavy (non-hydrogen) atoms. The van der Waals surface area contributed by atoms with E-state index in [0.717, 1.165) is 16.8 Å². The summed E-state index contributed by atoms with van der Waals surface area (Å²) in [6, 6.07) is 19.2. The lowest BCUT2D eigenvalue weighted by atomic mass is 10.0. The van der Waals surface area contributed by atoms with Gasteiger partial charge in [-0.3, -0.25) is 5.32 Å². The van der Waals surface area contributed by atoms with E-state index in [1.165, 1.54) is 25.3 Å². The largest absolute Gasteiger partial charge is 0.508 e. The first-order valence-corrected chi connectivity index (χ1v) is 9.16. The smallest absolute Gasteiger partial charge is 0.412 e. The van der Waals surface area contributed by atoms with Crippen LogP contribution in [0.1, 0.15) is 11.7 Å². The highest BCUT2D eigenvalue weighted by Crippen LogP contribution is 2.28. The Balaban J connectivity index is 1.86. The zero-order valence-corrected chi connectivity index (χ0v) is 16.2. The van der Waals surface area contributed by atoms with Crippen LogP contribution in [0.3, 0.4) is 0 Å². The molecule has 2 atom stereocenters. The topological polar surface area (TPSA) is 105 Å². The SMILES string of the molecule is CO[C@@H](/C=C/C(=O)O)[C@@H](OC(=O)Nc1cccc2ccccc12)c1ccc(O)cc1. The summed E-state index contributed by atoms with van der Waals surface area (Å²) in [6.45, 7) is 0. The van der Waals surface area contributed by atoms with Gasteiger partial charge in [0.25, 0.3) is 0 Å². The van der Waals surface area contributed by atoms with Crippen molar-refractivity contribution in [2.24, 2.45) is 0 Å². The second-order valence-corrected chi connectivity index (χ2v) is 6.47. The van der Waals surface area contributed by atoms with E-state index in [-0.39, 0.29) is 5.75 Å². The number of nitrogens with one attached hydrogen (secondary N) is 1. The number of carboxylic acid groups (broad SMARTS) is 1. The van der Waals surface area contributed by atoms with Crippen molar-refractivity contribution in [1.82, 2.24) is 0 Å². The average Bonchev–Trinajstić information content (AvgIpc) is 2.74. The van der Waals surface area contributed by atoms with Crippen molar-refractivity contribution in [3.63, 3.8) is 0 Å². The van der Waals surface area contributed by atoms with Crippen LogP contribution in [-0.4, -0.2) is 35.5 Å². The number of fused-ring (bicyclic) bond motifs is 1. The average molecular weight is 407 g/mol. The molecule has 3 rings (SSSR count). The summed E-state index contributed by atoms with van der Waals surface area (Å²) in [6.07, 6.45) is -0.307. The van der Waals surface area contributed by atoms with Crippen LogP contribution in [0.4, 0.5) is 10.5 Å². The van der Waals surface area contributed by atoms with Gasteiger partial charge in [0, 0.05) is 18.6 Å². The summed E-state index contributed by atoms with van der Waals surface area (Å²) < 4.78 is 11.0. The third kappa shape index (κ3) is 5.15. The highest BCUT2D eigenvalue weighted by atomic mass is 16.6. The molecule has 0 bridgehead atoms. The maximum atomic E-state index is 12.7. The maximum Gasteiger partial charge on any atom is 0.412 e. The molecule has 1 amide bonds. The van der Waals surface area contributed by atoms with Gasteiger partial charge in [-0.2, -0.15) is 0 Å². The van der Waals surface area contributed by atoms with E-state index in [4.69, 9.17) is 14.6 Å². The van der Waals surface area contributed by atoms with Crippen LogP contribution in [0.15, 0.2) is 78.9 Å². The van der Waals surface area contributed by atoms with E-state index >= 15 is 0 Å². The fraction of sp³-hybridized carbons (Fsp3) is 0.130. The summed E-state index contributed by atoms with van der Waals surface area (Å²) in [5.41, 5.74) is 1.11. The molecule has 154 valence electrons. The van der Waals surface area contributed by atoms with E-state index in [9.17, 15) is 14.7 Å². The second kappa shape index (κ2) is 9.58. The van der Waals surface area contributed by atoms with Crippen molar-refractivity contribution in [2.45, 2.75) is 12.2 Å². The molecule has 0 radical (unpaired) electrons. The Morgan fingerprint density at radius 1 is 1.00 bits per heavy atom. The molecule has 7 heteroatoms. The van der Waals surface area contributed by atoms with E-state index in [1.807, 2.05) is 36.4 Å². The van der Waals surface area contributed by atoms with Crippen molar-refractivity contribution < 1.29 is 29.3 Å². The van der Waals surface area contributed by atoms with Crippen molar-refractivity contribution in [3.8, 4) is 5.75 Å². The van der Waals surface area contributed by atoms with Gasteiger partial charge in [-0.15, -0.1) is 0 Å².